The molecule has 0 saturated heterocycles. The normalized spacial score (nSPS) is 13.7. The van der Waals surface area contributed by atoms with Gasteiger partial charge >= 0.3 is 0 Å². The Morgan fingerprint density at radius 3 is 2.68 bits per heavy atom. The average Bonchev–Trinajstić information content (AvgIpc) is 2.93. The van der Waals surface area contributed by atoms with Crippen molar-refractivity contribution in [1.29, 1.82) is 0 Å². The van der Waals surface area contributed by atoms with E-state index in [1.54, 1.807) is 0 Å². The van der Waals surface area contributed by atoms with Crippen molar-refractivity contribution in [2.45, 2.75) is 39.2 Å². The monoisotopic (exact) mass is 279 g/mol. The first-order valence-electron chi connectivity index (χ1n) is 6.49. The molecule has 0 aromatic carbocycles. The zero-order valence-electron chi connectivity index (χ0n) is 12.1. The summed E-state index contributed by atoms with van der Waals surface area (Å²) in [5, 5.41) is 12.1. The average molecular weight is 279 g/mol. The molecule has 0 amide bonds. The Bertz CT molecular complexity index is 537. The highest BCUT2D eigenvalue weighted by atomic mass is 32.1. The molecule has 2 rings (SSSR count). The second kappa shape index (κ2) is 5.38. The van der Waals surface area contributed by atoms with Crippen LogP contribution in [0.3, 0.4) is 0 Å². The van der Waals surface area contributed by atoms with Crippen molar-refractivity contribution < 1.29 is 0 Å². The van der Waals surface area contributed by atoms with Gasteiger partial charge in [-0.25, -0.2) is 0 Å². The summed E-state index contributed by atoms with van der Waals surface area (Å²) in [5.41, 5.74) is 2.19. The first-order chi connectivity index (χ1) is 8.95. The van der Waals surface area contributed by atoms with Crippen LogP contribution in [0, 0.1) is 0 Å². The van der Waals surface area contributed by atoms with Gasteiger partial charge in [0, 0.05) is 18.7 Å². The Morgan fingerprint density at radius 1 is 1.42 bits per heavy atom. The van der Waals surface area contributed by atoms with E-state index in [1.165, 1.54) is 16.4 Å². The van der Waals surface area contributed by atoms with Gasteiger partial charge < -0.3 is 5.32 Å². The summed E-state index contributed by atoms with van der Waals surface area (Å²) in [6.45, 7) is 9.49. The molecule has 0 bridgehead atoms. The van der Waals surface area contributed by atoms with Crippen molar-refractivity contribution in [3.05, 3.63) is 28.5 Å². The lowest BCUT2D eigenvalue weighted by molar-refractivity contribution is 0.529. The number of rotatable bonds is 4. The van der Waals surface area contributed by atoms with Crippen LogP contribution in [0.5, 0.6) is 0 Å². The maximum atomic E-state index is 4.33. The summed E-state index contributed by atoms with van der Waals surface area (Å²) in [6, 6.07) is 2.14. The largest absolute Gasteiger partial charge is 0.304 e. The zero-order valence-corrected chi connectivity index (χ0v) is 13.0. The second-order valence-corrected chi connectivity index (χ2v) is 6.39. The quantitative estimate of drug-likeness (QED) is 0.933. The molecule has 0 radical (unpaired) electrons. The van der Waals surface area contributed by atoms with Crippen LogP contribution >= 0.6 is 11.5 Å². The van der Waals surface area contributed by atoms with E-state index >= 15 is 0 Å². The van der Waals surface area contributed by atoms with Gasteiger partial charge in [0.2, 0.25) is 0 Å². The molecule has 1 N–H and O–H groups in total. The molecule has 1 atom stereocenters. The second-order valence-electron chi connectivity index (χ2n) is 5.61. The van der Waals surface area contributed by atoms with Crippen LogP contribution in [0.15, 0.2) is 12.3 Å². The van der Waals surface area contributed by atoms with E-state index < -0.39 is 0 Å². The molecule has 104 valence electrons. The minimum Gasteiger partial charge on any atom is -0.304 e. The minimum atomic E-state index is -0.00536. The van der Waals surface area contributed by atoms with Crippen LogP contribution in [0.1, 0.15) is 50.0 Å². The smallest absolute Gasteiger partial charge is 0.0877 e. The van der Waals surface area contributed by atoms with Crippen LogP contribution in [-0.2, 0) is 12.5 Å². The third-order valence-corrected chi connectivity index (χ3v) is 3.84. The lowest BCUT2D eigenvalue weighted by atomic mass is 9.89. The molecule has 0 fully saturated rings. The Labute approximate surface area is 118 Å². The molecular weight excluding hydrogens is 258 g/mol. The molecule has 0 aliphatic rings. The third-order valence-electron chi connectivity index (χ3n) is 3.05. The standard InChI is InChI=1S/C13H21N5S/c1-6-14-10(9-7-8-15-18(9)5)11-12(13(2,3)4)16-17-19-11/h7-8,10,14H,6H2,1-5H3. The minimum absolute atomic E-state index is 0.00536. The van der Waals surface area contributed by atoms with Crippen molar-refractivity contribution in [1.82, 2.24) is 24.7 Å². The third kappa shape index (κ3) is 2.84. The highest BCUT2D eigenvalue weighted by molar-refractivity contribution is 7.05. The first-order valence-corrected chi connectivity index (χ1v) is 7.26. The van der Waals surface area contributed by atoms with E-state index in [1.807, 2.05) is 24.0 Å². The molecule has 6 heteroatoms. The molecule has 5 nitrogen and oxygen atoms in total. The Hall–Kier alpha value is -1.27. The number of hydrogen-bond acceptors (Lipinski definition) is 5. The summed E-state index contributed by atoms with van der Waals surface area (Å²) < 4.78 is 6.06. The Balaban J connectivity index is 2.46. The van der Waals surface area contributed by atoms with E-state index in [0.29, 0.717) is 0 Å². The summed E-state index contributed by atoms with van der Waals surface area (Å²) >= 11 is 1.47. The molecule has 0 saturated carbocycles. The number of nitrogens with one attached hydrogen (secondary N) is 1. The fourth-order valence-corrected chi connectivity index (χ4v) is 3.06. The predicted molar refractivity (Wildman–Crippen MR) is 77.3 cm³/mol. The predicted octanol–water partition coefficient (Wildman–Crippen LogP) is 2.27. The maximum absolute atomic E-state index is 4.33. The fraction of sp³-hybridized carbons (Fsp3) is 0.615. The highest BCUT2D eigenvalue weighted by Gasteiger charge is 2.29. The van der Waals surface area contributed by atoms with Gasteiger partial charge in [0.25, 0.3) is 0 Å². The molecule has 0 aliphatic carbocycles. The SMILES string of the molecule is CCNC(c1snnc1C(C)(C)C)c1ccnn1C. The van der Waals surface area contributed by atoms with E-state index in [9.17, 15) is 0 Å². The molecule has 19 heavy (non-hydrogen) atoms. The Morgan fingerprint density at radius 2 is 2.16 bits per heavy atom. The van der Waals surface area contributed by atoms with Gasteiger partial charge in [0.05, 0.1) is 22.3 Å². The van der Waals surface area contributed by atoms with E-state index in [0.717, 1.165) is 17.9 Å². The topological polar surface area (TPSA) is 55.6 Å². The molecule has 0 spiro atoms. The van der Waals surface area contributed by atoms with Crippen molar-refractivity contribution in [2.24, 2.45) is 7.05 Å². The van der Waals surface area contributed by atoms with Gasteiger partial charge in [-0.15, -0.1) is 5.10 Å². The van der Waals surface area contributed by atoms with Crippen LogP contribution < -0.4 is 5.32 Å². The molecule has 2 aromatic heterocycles. The summed E-state index contributed by atoms with van der Waals surface area (Å²) in [4.78, 5) is 1.18. The van der Waals surface area contributed by atoms with E-state index in [2.05, 4.69) is 47.7 Å². The molecular formula is C13H21N5S. The van der Waals surface area contributed by atoms with Crippen molar-refractivity contribution in [3.8, 4) is 0 Å². The van der Waals surface area contributed by atoms with Gasteiger partial charge in [-0.2, -0.15) is 5.10 Å². The lowest BCUT2D eigenvalue weighted by Gasteiger charge is -2.22. The summed E-state index contributed by atoms with van der Waals surface area (Å²) in [5.74, 6) is 0. The van der Waals surface area contributed by atoms with Gasteiger partial charge in [-0.3, -0.25) is 4.68 Å². The maximum Gasteiger partial charge on any atom is 0.0877 e. The number of nitrogens with zero attached hydrogens (tertiary/aromatic N) is 4. The van der Waals surface area contributed by atoms with Crippen LogP contribution in [0.2, 0.25) is 0 Å². The van der Waals surface area contributed by atoms with Crippen LogP contribution in [0.4, 0.5) is 0 Å². The number of aromatic nitrogens is 4. The number of hydrogen-bond donors (Lipinski definition) is 1. The van der Waals surface area contributed by atoms with E-state index in [4.69, 9.17) is 0 Å². The number of aryl methyl sites for hydroxylation is 1. The molecule has 0 aliphatic heterocycles. The van der Waals surface area contributed by atoms with Gasteiger partial charge in [0.1, 0.15) is 0 Å². The first kappa shape index (κ1) is 14.1. The zero-order chi connectivity index (χ0) is 14.0. The van der Waals surface area contributed by atoms with Crippen molar-refractivity contribution in [3.63, 3.8) is 0 Å². The molecule has 1 unspecified atom stereocenters. The molecule has 2 heterocycles. The summed E-state index contributed by atoms with van der Waals surface area (Å²) in [7, 11) is 1.96. The van der Waals surface area contributed by atoms with E-state index in [-0.39, 0.29) is 11.5 Å². The van der Waals surface area contributed by atoms with Crippen LogP contribution in [-0.4, -0.2) is 25.9 Å². The lowest BCUT2D eigenvalue weighted by Crippen LogP contribution is -2.26. The van der Waals surface area contributed by atoms with Crippen molar-refractivity contribution in [2.75, 3.05) is 6.54 Å². The Kier molecular flexibility index (Phi) is 4.01. The molecule has 2 aromatic rings. The van der Waals surface area contributed by atoms with Gasteiger partial charge in [-0.05, 0) is 24.1 Å². The van der Waals surface area contributed by atoms with Gasteiger partial charge in [0.15, 0.2) is 0 Å². The van der Waals surface area contributed by atoms with Crippen LogP contribution in [0.25, 0.3) is 0 Å². The van der Waals surface area contributed by atoms with Gasteiger partial charge in [-0.1, -0.05) is 32.2 Å². The highest BCUT2D eigenvalue weighted by Crippen LogP contribution is 2.33. The fourth-order valence-electron chi connectivity index (χ4n) is 2.11. The van der Waals surface area contributed by atoms with Crippen molar-refractivity contribution >= 4 is 11.5 Å². The summed E-state index contributed by atoms with van der Waals surface area (Å²) in [6.07, 6.45) is 1.82.